The van der Waals surface area contributed by atoms with Crippen molar-refractivity contribution in [2.75, 3.05) is 26.4 Å². The molecular formula is C13H29N3S. The average molecular weight is 259 g/mol. The van der Waals surface area contributed by atoms with Crippen molar-refractivity contribution in [1.82, 2.24) is 10.6 Å². The highest BCUT2D eigenvalue weighted by Gasteiger charge is 2.15. The molecule has 102 valence electrons. The zero-order valence-corrected chi connectivity index (χ0v) is 12.9. The first-order chi connectivity index (χ1) is 8.05. The Morgan fingerprint density at radius 1 is 1.18 bits per heavy atom. The van der Waals surface area contributed by atoms with Gasteiger partial charge in [-0.15, -0.1) is 0 Å². The minimum atomic E-state index is 0.250. The van der Waals surface area contributed by atoms with Gasteiger partial charge in [-0.3, -0.25) is 4.99 Å². The Labute approximate surface area is 111 Å². The fourth-order valence-electron chi connectivity index (χ4n) is 1.35. The molecule has 0 heterocycles. The highest BCUT2D eigenvalue weighted by molar-refractivity contribution is 7.99. The molecule has 0 spiro atoms. The van der Waals surface area contributed by atoms with Crippen LogP contribution in [0.4, 0.5) is 0 Å². The first-order valence-corrected chi connectivity index (χ1v) is 7.78. The summed E-state index contributed by atoms with van der Waals surface area (Å²) in [4.78, 5) is 4.23. The van der Waals surface area contributed by atoms with Crippen molar-refractivity contribution in [3.8, 4) is 0 Å². The molecule has 0 aliphatic carbocycles. The number of rotatable bonds is 8. The van der Waals surface area contributed by atoms with Crippen molar-refractivity contribution in [3.05, 3.63) is 0 Å². The number of hydrogen-bond acceptors (Lipinski definition) is 2. The van der Waals surface area contributed by atoms with Crippen molar-refractivity contribution < 1.29 is 0 Å². The van der Waals surface area contributed by atoms with Crippen LogP contribution in [0.1, 0.15) is 46.5 Å². The number of nitrogens with one attached hydrogen (secondary N) is 2. The van der Waals surface area contributed by atoms with E-state index in [9.17, 15) is 0 Å². The first-order valence-electron chi connectivity index (χ1n) is 6.55. The summed E-state index contributed by atoms with van der Waals surface area (Å²) in [6.45, 7) is 8.65. The fraction of sp³-hybridized carbons (Fsp3) is 0.923. The van der Waals surface area contributed by atoms with E-state index < -0.39 is 0 Å². The van der Waals surface area contributed by atoms with E-state index in [2.05, 4.69) is 42.7 Å². The summed E-state index contributed by atoms with van der Waals surface area (Å²) in [7, 11) is 1.83. The van der Waals surface area contributed by atoms with Crippen LogP contribution in [0.5, 0.6) is 0 Å². The Morgan fingerprint density at radius 2 is 1.88 bits per heavy atom. The molecule has 0 atom stereocenters. The zero-order valence-electron chi connectivity index (χ0n) is 12.1. The van der Waals surface area contributed by atoms with Crippen LogP contribution in [0, 0.1) is 0 Å². The lowest BCUT2D eigenvalue weighted by atomic mass is 10.2. The number of unbranched alkanes of at least 4 members (excludes halogenated alkanes) is 3. The summed E-state index contributed by atoms with van der Waals surface area (Å²) in [6, 6.07) is 0. The van der Waals surface area contributed by atoms with Gasteiger partial charge in [0.25, 0.3) is 0 Å². The van der Waals surface area contributed by atoms with E-state index in [1.807, 2.05) is 18.8 Å². The van der Waals surface area contributed by atoms with Crippen LogP contribution in [0.2, 0.25) is 0 Å². The Morgan fingerprint density at radius 3 is 2.41 bits per heavy atom. The molecule has 0 aromatic carbocycles. The lowest BCUT2D eigenvalue weighted by molar-refractivity contribution is 0.633. The highest BCUT2D eigenvalue weighted by atomic mass is 32.2. The Kier molecular flexibility index (Phi) is 9.41. The van der Waals surface area contributed by atoms with Crippen molar-refractivity contribution in [2.45, 2.75) is 51.2 Å². The summed E-state index contributed by atoms with van der Waals surface area (Å²) >= 11 is 1.87. The smallest absolute Gasteiger partial charge is 0.191 e. The van der Waals surface area contributed by atoms with Crippen LogP contribution in [-0.2, 0) is 0 Å². The van der Waals surface area contributed by atoms with E-state index in [0.29, 0.717) is 0 Å². The number of nitrogens with zero attached hydrogens (tertiary/aromatic N) is 1. The van der Waals surface area contributed by atoms with Crippen LogP contribution in [0.25, 0.3) is 0 Å². The molecule has 0 fully saturated rings. The summed E-state index contributed by atoms with van der Waals surface area (Å²) in [5, 5.41) is 6.72. The number of guanidine groups is 1. The molecule has 0 aliphatic heterocycles. The quantitative estimate of drug-likeness (QED) is 0.400. The third-order valence-electron chi connectivity index (χ3n) is 2.78. The minimum absolute atomic E-state index is 0.250. The summed E-state index contributed by atoms with van der Waals surface area (Å²) in [6.07, 6.45) is 7.28. The summed E-state index contributed by atoms with van der Waals surface area (Å²) < 4.78 is 0.250. The second-order valence-electron chi connectivity index (χ2n) is 4.88. The molecule has 17 heavy (non-hydrogen) atoms. The predicted octanol–water partition coefficient (Wildman–Crippen LogP) is 2.87. The van der Waals surface area contributed by atoms with Gasteiger partial charge in [0, 0.05) is 24.9 Å². The lowest BCUT2D eigenvalue weighted by Gasteiger charge is -2.23. The van der Waals surface area contributed by atoms with Gasteiger partial charge < -0.3 is 10.6 Å². The van der Waals surface area contributed by atoms with Gasteiger partial charge in [0.05, 0.1) is 0 Å². The van der Waals surface area contributed by atoms with Gasteiger partial charge in [-0.05, 0) is 26.5 Å². The molecule has 0 amide bonds. The number of thioether (sulfide) groups is 1. The van der Waals surface area contributed by atoms with Gasteiger partial charge in [0.2, 0.25) is 0 Å². The maximum absolute atomic E-state index is 4.23. The molecular weight excluding hydrogens is 230 g/mol. The van der Waals surface area contributed by atoms with Crippen molar-refractivity contribution in [2.24, 2.45) is 4.99 Å². The molecule has 0 bridgehead atoms. The number of aliphatic imine (C=N–C) groups is 1. The molecule has 0 radical (unpaired) electrons. The molecule has 0 aromatic heterocycles. The first kappa shape index (κ1) is 16.6. The van der Waals surface area contributed by atoms with Gasteiger partial charge >= 0.3 is 0 Å². The Balaban J connectivity index is 3.71. The van der Waals surface area contributed by atoms with Gasteiger partial charge in [-0.2, -0.15) is 11.8 Å². The molecule has 0 aromatic rings. The van der Waals surface area contributed by atoms with Crippen LogP contribution in [0.15, 0.2) is 4.99 Å². The second-order valence-corrected chi connectivity index (χ2v) is 6.39. The third-order valence-corrected chi connectivity index (χ3v) is 4.03. The molecule has 4 heteroatoms. The third kappa shape index (κ3) is 9.33. The monoisotopic (exact) mass is 259 g/mol. The van der Waals surface area contributed by atoms with Crippen LogP contribution in [-0.4, -0.2) is 37.1 Å². The predicted molar refractivity (Wildman–Crippen MR) is 81.1 cm³/mol. The molecule has 0 rings (SSSR count). The minimum Gasteiger partial charge on any atom is -0.356 e. The maximum Gasteiger partial charge on any atom is 0.191 e. The van der Waals surface area contributed by atoms with E-state index in [-0.39, 0.29) is 4.75 Å². The Hall–Kier alpha value is -0.380. The molecule has 3 nitrogen and oxygen atoms in total. The van der Waals surface area contributed by atoms with Crippen LogP contribution in [0.3, 0.4) is 0 Å². The molecule has 2 N–H and O–H groups in total. The topological polar surface area (TPSA) is 36.4 Å². The van der Waals surface area contributed by atoms with E-state index in [0.717, 1.165) is 19.0 Å². The lowest BCUT2D eigenvalue weighted by Crippen LogP contribution is -2.43. The molecule has 0 saturated carbocycles. The second kappa shape index (κ2) is 9.63. The van der Waals surface area contributed by atoms with Crippen LogP contribution < -0.4 is 10.6 Å². The van der Waals surface area contributed by atoms with Gasteiger partial charge in [-0.1, -0.05) is 26.2 Å². The van der Waals surface area contributed by atoms with E-state index in [1.165, 1.54) is 25.7 Å². The standard InChI is InChI=1S/C13H29N3S/c1-6-7-8-9-10-15-12(14-4)16-11-13(2,3)17-5/h6-11H2,1-5H3,(H2,14,15,16). The SMILES string of the molecule is CCCCCCNC(=NC)NCC(C)(C)SC. The average Bonchev–Trinajstić information content (AvgIpc) is 2.32. The van der Waals surface area contributed by atoms with E-state index in [1.54, 1.807) is 0 Å². The fourth-order valence-corrected chi connectivity index (χ4v) is 1.56. The largest absolute Gasteiger partial charge is 0.356 e. The normalized spacial score (nSPS) is 12.6. The molecule has 0 aliphatic rings. The summed E-state index contributed by atoms with van der Waals surface area (Å²) in [5.74, 6) is 0.920. The van der Waals surface area contributed by atoms with Crippen molar-refractivity contribution in [1.29, 1.82) is 0 Å². The van der Waals surface area contributed by atoms with Gasteiger partial charge in [0.15, 0.2) is 5.96 Å². The summed E-state index contributed by atoms with van der Waals surface area (Å²) in [5.41, 5.74) is 0. The maximum atomic E-state index is 4.23. The van der Waals surface area contributed by atoms with Crippen molar-refractivity contribution in [3.63, 3.8) is 0 Å². The van der Waals surface area contributed by atoms with E-state index >= 15 is 0 Å². The van der Waals surface area contributed by atoms with Crippen LogP contribution >= 0.6 is 11.8 Å². The van der Waals surface area contributed by atoms with Gasteiger partial charge in [-0.25, -0.2) is 0 Å². The van der Waals surface area contributed by atoms with Gasteiger partial charge in [0.1, 0.15) is 0 Å². The highest BCUT2D eigenvalue weighted by Crippen LogP contribution is 2.19. The molecule has 0 unspecified atom stereocenters. The number of hydrogen-bond donors (Lipinski definition) is 2. The van der Waals surface area contributed by atoms with E-state index in [4.69, 9.17) is 0 Å². The molecule has 0 saturated heterocycles. The van der Waals surface area contributed by atoms with Crippen molar-refractivity contribution >= 4 is 17.7 Å². The zero-order chi connectivity index (χ0) is 13.1. The Bertz CT molecular complexity index is 215.